The first-order valence-electron chi connectivity index (χ1n) is 23.6. The van der Waals surface area contributed by atoms with E-state index in [9.17, 15) is 0 Å². The van der Waals surface area contributed by atoms with E-state index in [1.54, 1.807) is 0 Å². The molecule has 15 rings (SSSR count). The molecule has 316 valence electrons. The Hall–Kier alpha value is -8.70. The second-order valence-corrected chi connectivity index (χ2v) is 22.2. The Morgan fingerprint density at radius 1 is 0.221 bits per heavy atom. The summed E-state index contributed by atoms with van der Waals surface area (Å²) in [6, 6.07) is 93.6. The minimum Gasteiger partial charge on any atom is -0.309 e. The van der Waals surface area contributed by atoms with Crippen molar-refractivity contribution in [1.29, 1.82) is 0 Å². The lowest BCUT2D eigenvalue weighted by Crippen LogP contribution is -2.74. The zero-order valence-electron chi connectivity index (χ0n) is 37.0. The van der Waals surface area contributed by atoms with Gasteiger partial charge >= 0.3 is 0 Å². The highest BCUT2D eigenvalue weighted by Gasteiger charge is 2.42. The number of nitrogens with zero attached hydrogens (tertiary/aromatic N) is 3. The van der Waals surface area contributed by atoms with E-state index in [-0.39, 0.29) is 0 Å². The van der Waals surface area contributed by atoms with Gasteiger partial charge in [0.15, 0.2) is 8.07 Å². The van der Waals surface area contributed by atoms with Crippen LogP contribution < -0.4 is 20.7 Å². The smallest absolute Gasteiger partial charge is 0.179 e. The van der Waals surface area contributed by atoms with Crippen molar-refractivity contribution in [2.75, 3.05) is 0 Å². The van der Waals surface area contributed by atoms with Crippen LogP contribution in [0.15, 0.2) is 249 Å². The number of benzene rings is 12. The van der Waals surface area contributed by atoms with Crippen molar-refractivity contribution in [1.82, 2.24) is 13.7 Å². The summed E-state index contributed by atoms with van der Waals surface area (Å²) in [5, 5.41) is 18.3. The molecule has 0 spiro atoms. The summed E-state index contributed by atoms with van der Waals surface area (Å²) >= 11 is 0. The van der Waals surface area contributed by atoms with Crippen LogP contribution in [0.3, 0.4) is 0 Å². The van der Waals surface area contributed by atoms with E-state index in [1.807, 2.05) is 0 Å². The molecule has 4 heteroatoms. The molecule has 0 aliphatic carbocycles. The molecule has 3 nitrogen and oxygen atoms in total. The molecule has 15 aromatic rings. The average Bonchev–Trinajstić information content (AvgIpc) is 4.06. The zero-order valence-corrected chi connectivity index (χ0v) is 38.0. The third-order valence-electron chi connectivity index (χ3n) is 15.1. The minimum atomic E-state index is -3.07. The fourth-order valence-electron chi connectivity index (χ4n) is 12.3. The molecule has 0 atom stereocenters. The SMILES string of the molecule is c1ccc(-n2c3ccccc3c3cc([Si](c4ccccc4)(c4ccc(-n5c6cccc7ccc8cccc5c8c76)cc4)c4ccc(-n5c6cccc7ccc8cccc5c8c76)cc4)ccc32)cc1. The summed E-state index contributed by atoms with van der Waals surface area (Å²) in [6.45, 7) is 0. The zero-order chi connectivity index (χ0) is 44.5. The highest BCUT2D eigenvalue weighted by Crippen LogP contribution is 2.40. The Morgan fingerprint density at radius 3 is 1.06 bits per heavy atom. The van der Waals surface area contributed by atoms with E-state index in [0.29, 0.717) is 0 Å². The van der Waals surface area contributed by atoms with Crippen LogP contribution in [-0.2, 0) is 0 Å². The van der Waals surface area contributed by atoms with Gasteiger partial charge in [0.05, 0.1) is 33.1 Å². The summed E-state index contributed by atoms with van der Waals surface area (Å²) < 4.78 is 7.36. The van der Waals surface area contributed by atoms with Crippen molar-refractivity contribution in [3.05, 3.63) is 249 Å². The number of hydrogen-bond acceptors (Lipinski definition) is 0. The monoisotopic (exact) mass is 879 g/mol. The fourth-order valence-corrected chi connectivity index (χ4v) is 17.0. The maximum Gasteiger partial charge on any atom is 0.179 e. The Bertz CT molecular complexity index is 4080. The first-order valence-corrected chi connectivity index (χ1v) is 25.6. The van der Waals surface area contributed by atoms with E-state index in [2.05, 4.69) is 262 Å². The summed E-state index contributed by atoms with van der Waals surface area (Å²) in [6.07, 6.45) is 0. The normalized spacial score (nSPS) is 12.4. The Kier molecular flexibility index (Phi) is 7.81. The van der Waals surface area contributed by atoms with Crippen LogP contribution >= 0.6 is 0 Å². The lowest BCUT2D eigenvalue weighted by molar-refractivity contribution is 1.18. The maximum atomic E-state index is 2.54. The quantitative estimate of drug-likeness (QED) is 0.0861. The first kappa shape index (κ1) is 37.5. The lowest BCUT2D eigenvalue weighted by atomic mass is 10.0. The van der Waals surface area contributed by atoms with Crippen LogP contribution in [-0.4, -0.2) is 21.8 Å². The Morgan fingerprint density at radius 2 is 0.574 bits per heavy atom. The van der Waals surface area contributed by atoms with Gasteiger partial charge < -0.3 is 13.7 Å². The largest absolute Gasteiger partial charge is 0.309 e. The molecule has 68 heavy (non-hydrogen) atoms. The van der Waals surface area contributed by atoms with Crippen LogP contribution in [0.1, 0.15) is 0 Å². The fraction of sp³-hybridized carbons (Fsp3) is 0. The van der Waals surface area contributed by atoms with Gasteiger partial charge in [0.2, 0.25) is 0 Å². The van der Waals surface area contributed by atoms with Gasteiger partial charge in [0.25, 0.3) is 0 Å². The van der Waals surface area contributed by atoms with E-state index in [0.717, 1.165) is 17.1 Å². The Labute approximate surface area is 393 Å². The number of hydrogen-bond donors (Lipinski definition) is 0. The van der Waals surface area contributed by atoms with Gasteiger partial charge in [-0.15, -0.1) is 0 Å². The molecule has 3 aromatic heterocycles. The number of fused-ring (bicyclic) bond motifs is 3. The second-order valence-electron chi connectivity index (χ2n) is 18.4. The molecule has 3 heterocycles. The summed E-state index contributed by atoms with van der Waals surface area (Å²) in [4.78, 5) is 0. The van der Waals surface area contributed by atoms with E-state index < -0.39 is 8.07 Å². The van der Waals surface area contributed by atoms with Gasteiger partial charge in [-0.05, 0) is 115 Å². The van der Waals surface area contributed by atoms with Crippen LogP contribution in [0.25, 0.3) is 104 Å². The van der Waals surface area contributed by atoms with E-state index in [4.69, 9.17) is 0 Å². The molecule has 0 amide bonds. The van der Waals surface area contributed by atoms with Crippen LogP contribution in [0.4, 0.5) is 0 Å². The van der Waals surface area contributed by atoms with Gasteiger partial charge in [-0.25, -0.2) is 0 Å². The predicted octanol–water partition coefficient (Wildman–Crippen LogP) is 13.5. The molecular weight excluding hydrogens is 839 g/mol. The molecule has 0 unspecified atom stereocenters. The maximum absolute atomic E-state index is 3.07. The number of aromatic nitrogens is 3. The van der Waals surface area contributed by atoms with E-state index >= 15 is 0 Å². The Balaban J connectivity index is 0.996. The standard InChI is InChI=1S/C64H41N3Si/c1-3-17-46(18-4-1)65-55-22-8-7-21-53(55)54-41-52(39-40-56(54)65)68(49-19-5-2-6-20-49,50-35-31-47(32-36-50)66-57-23-9-13-42-27-28-43-14-10-24-58(66)62(43)61(42)57)51-37-33-48(34-38-51)67-59-25-11-15-44-29-30-45-16-12-26-60(67)64(45)63(44)59/h1-41H. The summed E-state index contributed by atoms with van der Waals surface area (Å²) in [7, 11) is -3.07. The third-order valence-corrected chi connectivity index (χ3v) is 19.9. The van der Waals surface area contributed by atoms with Gasteiger partial charge in [-0.1, -0.05) is 176 Å². The van der Waals surface area contributed by atoms with Crippen molar-refractivity contribution in [3.63, 3.8) is 0 Å². The molecule has 0 radical (unpaired) electrons. The minimum absolute atomic E-state index is 1.16. The van der Waals surface area contributed by atoms with Crippen molar-refractivity contribution >= 4 is 116 Å². The lowest BCUT2D eigenvalue weighted by Gasteiger charge is -2.35. The molecule has 0 fully saturated rings. The summed E-state index contributed by atoms with van der Waals surface area (Å²) in [5.74, 6) is 0. The molecule has 0 bridgehead atoms. The van der Waals surface area contributed by atoms with E-state index in [1.165, 1.54) is 108 Å². The predicted molar refractivity (Wildman–Crippen MR) is 290 cm³/mol. The highest BCUT2D eigenvalue weighted by atomic mass is 28.3. The van der Waals surface area contributed by atoms with Crippen LogP contribution in [0, 0.1) is 0 Å². The first-order chi connectivity index (χ1) is 33.7. The molecule has 0 aliphatic rings. The van der Waals surface area contributed by atoms with Gasteiger partial charge in [-0.3, -0.25) is 0 Å². The molecule has 0 saturated carbocycles. The highest BCUT2D eigenvalue weighted by molar-refractivity contribution is 7.20. The molecule has 0 saturated heterocycles. The second kappa shape index (κ2) is 14.2. The van der Waals surface area contributed by atoms with Gasteiger partial charge in [0.1, 0.15) is 0 Å². The number of para-hydroxylation sites is 2. The van der Waals surface area contributed by atoms with Crippen LogP contribution in [0.5, 0.6) is 0 Å². The van der Waals surface area contributed by atoms with Crippen molar-refractivity contribution < 1.29 is 0 Å². The van der Waals surface area contributed by atoms with Gasteiger partial charge in [-0.2, -0.15) is 0 Å². The van der Waals surface area contributed by atoms with Crippen molar-refractivity contribution in [2.24, 2.45) is 0 Å². The third kappa shape index (κ3) is 5.07. The molecule has 12 aromatic carbocycles. The number of rotatable bonds is 7. The molecular formula is C64H41N3Si. The summed E-state index contributed by atoms with van der Waals surface area (Å²) in [5.41, 5.74) is 10.8. The molecule has 0 N–H and O–H groups in total. The molecule has 0 aliphatic heterocycles. The van der Waals surface area contributed by atoms with Crippen molar-refractivity contribution in [2.45, 2.75) is 0 Å². The van der Waals surface area contributed by atoms with Crippen molar-refractivity contribution in [3.8, 4) is 17.1 Å². The topological polar surface area (TPSA) is 14.8 Å². The van der Waals surface area contributed by atoms with Gasteiger partial charge in [0, 0.05) is 49.4 Å². The van der Waals surface area contributed by atoms with Crippen LogP contribution in [0.2, 0.25) is 0 Å². The average molecular weight is 880 g/mol.